The van der Waals surface area contributed by atoms with Gasteiger partial charge < -0.3 is 15.1 Å². The summed E-state index contributed by atoms with van der Waals surface area (Å²) in [6.07, 6.45) is 3.59. The van der Waals surface area contributed by atoms with Gasteiger partial charge in [-0.15, -0.1) is 0 Å². The quantitative estimate of drug-likeness (QED) is 0.845. The van der Waals surface area contributed by atoms with Crippen LogP contribution in [-0.4, -0.2) is 41.1 Å². The average Bonchev–Trinajstić information content (AvgIpc) is 2.69. The molecule has 2 aromatic carbocycles. The van der Waals surface area contributed by atoms with E-state index in [2.05, 4.69) is 5.32 Å². The Labute approximate surface area is 168 Å². The van der Waals surface area contributed by atoms with Crippen molar-refractivity contribution in [1.29, 1.82) is 0 Å². The molecule has 29 heavy (non-hydrogen) atoms. The first-order valence-corrected chi connectivity index (χ1v) is 9.20. The number of likely N-dealkylation sites (N-methyl/N-ethyl adjacent to an activating group) is 1. The van der Waals surface area contributed by atoms with Crippen LogP contribution in [0.15, 0.2) is 54.7 Å². The Hall–Kier alpha value is -3.48. The minimum atomic E-state index is -0.427. The van der Waals surface area contributed by atoms with Gasteiger partial charge in [-0.2, -0.15) is 0 Å². The highest BCUT2D eigenvalue weighted by atomic mass is 19.1. The summed E-state index contributed by atoms with van der Waals surface area (Å²) < 4.78 is 13.0. The number of benzene rings is 2. The topological polar surface area (TPSA) is 69.7 Å². The molecule has 3 amide bonds. The lowest BCUT2D eigenvalue weighted by atomic mass is 9.93. The zero-order valence-corrected chi connectivity index (χ0v) is 16.3. The van der Waals surface area contributed by atoms with E-state index in [0.29, 0.717) is 5.69 Å². The number of carbonyl (C=O) groups is 3. The number of rotatable bonds is 5. The Morgan fingerprint density at radius 2 is 1.79 bits per heavy atom. The van der Waals surface area contributed by atoms with E-state index in [0.717, 1.165) is 11.1 Å². The fourth-order valence-corrected chi connectivity index (χ4v) is 3.27. The van der Waals surface area contributed by atoms with Crippen molar-refractivity contribution in [3.63, 3.8) is 0 Å². The fourth-order valence-electron chi connectivity index (χ4n) is 3.27. The summed E-state index contributed by atoms with van der Waals surface area (Å²) in [5.74, 6) is -1.21. The minimum absolute atomic E-state index is 0.0568. The number of amides is 3. The van der Waals surface area contributed by atoms with Crippen molar-refractivity contribution in [2.75, 3.05) is 18.9 Å². The van der Waals surface area contributed by atoms with Gasteiger partial charge in [-0.25, -0.2) is 4.39 Å². The molecule has 0 radical (unpaired) electrons. The Bertz CT molecular complexity index is 956. The van der Waals surface area contributed by atoms with Crippen LogP contribution in [0.2, 0.25) is 0 Å². The molecule has 0 fully saturated rings. The predicted molar refractivity (Wildman–Crippen MR) is 108 cm³/mol. The second-order valence-corrected chi connectivity index (χ2v) is 6.90. The first kappa shape index (κ1) is 20.3. The lowest BCUT2D eigenvalue weighted by Crippen LogP contribution is -2.39. The highest BCUT2D eigenvalue weighted by molar-refractivity contribution is 5.94. The SMILES string of the molecule is CC(=O)N1C=Cc2ccccc2[C@H]1CC(=O)N(C)CC(=O)Nc1ccc(F)cc1. The largest absolute Gasteiger partial charge is 0.336 e. The van der Waals surface area contributed by atoms with Crippen molar-refractivity contribution < 1.29 is 18.8 Å². The van der Waals surface area contributed by atoms with Gasteiger partial charge in [0, 0.05) is 25.9 Å². The van der Waals surface area contributed by atoms with Gasteiger partial charge in [-0.3, -0.25) is 14.4 Å². The van der Waals surface area contributed by atoms with Crippen molar-refractivity contribution in [3.8, 4) is 0 Å². The number of hydrogen-bond acceptors (Lipinski definition) is 3. The molecule has 150 valence electrons. The molecule has 1 N–H and O–H groups in total. The second-order valence-electron chi connectivity index (χ2n) is 6.90. The summed E-state index contributed by atoms with van der Waals surface area (Å²) in [4.78, 5) is 39.8. The molecule has 1 aliphatic heterocycles. The Morgan fingerprint density at radius 1 is 1.10 bits per heavy atom. The number of carbonyl (C=O) groups excluding carboxylic acids is 3. The molecule has 3 rings (SSSR count). The van der Waals surface area contributed by atoms with Crippen molar-refractivity contribution in [2.45, 2.75) is 19.4 Å². The Balaban J connectivity index is 1.66. The normalized spacial score (nSPS) is 14.9. The molecular formula is C22H22FN3O3. The van der Waals surface area contributed by atoms with Crippen LogP contribution < -0.4 is 5.32 Å². The van der Waals surface area contributed by atoms with Crippen LogP contribution in [0, 0.1) is 5.82 Å². The van der Waals surface area contributed by atoms with Gasteiger partial charge in [0.05, 0.1) is 19.0 Å². The van der Waals surface area contributed by atoms with Crippen molar-refractivity contribution in [2.24, 2.45) is 0 Å². The number of fused-ring (bicyclic) bond motifs is 1. The van der Waals surface area contributed by atoms with Gasteiger partial charge in [0.15, 0.2) is 0 Å². The molecule has 1 atom stereocenters. The third kappa shape index (κ3) is 4.87. The zero-order chi connectivity index (χ0) is 21.0. The molecule has 1 aliphatic rings. The van der Waals surface area contributed by atoms with Crippen LogP contribution >= 0.6 is 0 Å². The number of nitrogens with zero attached hydrogens (tertiary/aromatic N) is 2. The fraction of sp³-hybridized carbons (Fsp3) is 0.227. The summed E-state index contributed by atoms with van der Waals surface area (Å²) in [5.41, 5.74) is 2.30. The zero-order valence-electron chi connectivity index (χ0n) is 16.3. The number of anilines is 1. The van der Waals surface area contributed by atoms with Crippen molar-refractivity contribution >= 4 is 29.5 Å². The van der Waals surface area contributed by atoms with Crippen LogP contribution in [0.4, 0.5) is 10.1 Å². The van der Waals surface area contributed by atoms with Crippen molar-refractivity contribution in [3.05, 3.63) is 71.7 Å². The maximum Gasteiger partial charge on any atom is 0.243 e. The summed E-state index contributed by atoms with van der Waals surface area (Å²) in [7, 11) is 1.54. The molecule has 0 spiro atoms. The molecular weight excluding hydrogens is 373 g/mol. The molecule has 0 aliphatic carbocycles. The number of nitrogens with one attached hydrogen (secondary N) is 1. The summed E-state index contributed by atoms with van der Waals surface area (Å²) in [5, 5.41) is 2.63. The van der Waals surface area contributed by atoms with E-state index in [1.165, 1.54) is 48.0 Å². The van der Waals surface area contributed by atoms with E-state index in [1.54, 1.807) is 6.20 Å². The molecule has 7 heteroatoms. The third-order valence-electron chi connectivity index (χ3n) is 4.77. The van der Waals surface area contributed by atoms with Gasteiger partial charge >= 0.3 is 0 Å². The van der Waals surface area contributed by atoms with E-state index in [-0.39, 0.29) is 30.7 Å². The van der Waals surface area contributed by atoms with Gasteiger partial charge in [-0.05, 0) is 41.5 Å². The van der Waals surface area contributed by atoms with Crippen LogP contribution in [-0.2, 0) is 14.4 Å². The monoisotopic (exact) mass is 395 g/mol. The highest BCUT2D eigenvalue weighted by Gasteiger charge is 2.29. The first-order valence-electron chi connectivity index (χ1n) is 9.20. The predicted octanol–water partition coefficient (Wildman–Crippen LogP) is 3.19. The van der Waals surface area contributed by atoms with Crippen LogP contribution in [0.1, 0.15) is 30.5 Å². The molecule has 0 saturated heterocycles. The molecule has 0 bridgehead atoms. The lowest BCUT2D eigenvalue weighted by molar-refractivity contribution is -0.136. The Morgan fingerprint density at radius 3 is 2.48 bits per heavy atom. The van der Waals surface area contributed by atoms with Gasteiger partial charge in [0.2, 0.25) is 17.7 Å². The summed E-state index contributed by atoms with van der Waals surface area (Å²) >= 11 is 0. The molecule has 6 nitrogen and oxygen atoms in total. The van der Waals surface area contributed by atoms with E-state index >= 15 is 0 Å². The van der Waals surface area contributed by atoms with Gasteiger partial charge in [-0.1, -0.05) is 24.3 Å². The molecule has 0 unspecified atom stereocenters. The van der Waals surface area contributed by atoms with Crippen molar-refractivity contribution in [1.82, 2.24) is 9.80 Å². The molecule has 0 saturated carbocycles. The van der Waals surface area contributed by atoms with E-state index in [4.69, 9.17) is 0 Å². The molecule has 1 heterocycles. The standard InChI is InChI=1S/C22H22FN3O3/c1-15(27)26-12-11-16-5-3-4-6-19(16)20(26)13-22(29)25(2)14-21(28)24-18-9-7-17(23)8-10-18/h3-12,20H,13-14H2,1-2H3,(H,24,28)/t20-/m1/s1. The highest BCUT2D eigenvalue weighted by Crippen LogP contribution is 2.33. The second kappa shape index (κ2) is 8.68. The third-order valence-corrected chi connectivity index (χ3v) is 4.77. The first-order chi connectivity index (χ1) is 13.8. The van der Waals surface area contributed by atoms with Crippen LogP contribution in [0.3, 0.4) is 0 Å². The number of hydrogen-bond donors (Lipinski definition) is 1. The van der Waals surface area contributed by atoms with E-state index in [9.17, 15) is 18.8 Å². The maximum atomic E-state index is 13.0. The van der Waals surface area contributed by atoms with Gasteiger partial charge in [0.1, 0.15) is 5.82 Å². The number of halogens is 1. The van der Waals surface area contributed by atoms with Gasteiger partial charge in [0.25, 0.3) is 0 Å². The molecule has 0 aromatic heterocycles. The minimum Gasteiger partial charge on any atom is -0.336 e. The summed E-state index contributed by atoms with van der Waals surface area (Å²) in [6.45, 7) is 1.30. The smallest absolute Gasteiger partial charge is 0.243 e. The van der Waals surface area contributed by atoms with E-state index in [1.807, 2.05) is 30.3 Å². The maximum absolute atomic E-state index is 13.0. The summed E-state index contributed by atoms with van der Waals surface area (Å²) in [6, 6.07) is 12.6. The van der Waals surface area contributed by atoms with Crippen LogP contribution in [0.25, 0.3) is 6.08 Å². The Kier molecular flexibility index (Phi) is 6.07. The average molecular weight is 395 g/mol. The lowest BCUT2D eigenvalue weighted by Gasteiger charge is -2.33. The van der Waals surface area contributed by atoms with E-state index < -0.39 is 11.9 Å². The van der Waals surface area contributed by atoms with Crippen LogP contribution in [0.5, 0.6) is 0 Å². The molecule has 2 aromatic rings.